The van der Waals surface area contributed by atoms with Crippen LogP contribution in [0.1, 0.15) is 18.4 Å². The molecule has 1 saturated heterocycles. The molecule has 166 valence electrons. The van der Waals surface area contributed by atoms with Crippen molar-refractivity contribution in [3.8, 4) is 22.9 Å². The molecule has 1 N–H and O–H groups in total. The molecule has 3 aromatic rings. The summed E-state index contributed by atoms with van der Waals surface area (Å²) in [7, 11) is 0. The van der Waals surface area contributed by atoms with Crippen LogP contribution in [0.2, 0.25) is 0 Å². The largest absolute Gasteiger partial charge is 0.454 e. The molecule has 1 aromatic heterocycles. The first-order valence-electron chi connectivity index (χ1n) is 10.6. The molecule has 0 radical (unpaired) electrons. The number of fused-ring (bicyclic) bond motifs is 1. The molecule has 3 heterocycles. The Morgan fingerprint density at radius 3 is 2.84 bits per heavy atom. The minimum Gasteiger partial charge on any atom is -0.454 e. The van der Waals surface area contributed by atoms with E-state index in [0.29, 0.717) is 18.2 Å². The maximum Gasteiger partial charge on any atom is 0.231 e. The van der Waals surface area contributed by atoms with E-state index in [0.717, 1.165) is 47.9 Å². The van der Waals surface area contributed by atoms with E-state index in [9.17, 15) is 4.79 Å². The van der Waals surface area contributed by atoms with Crippen LogP contribution in [-0.2, 0) is 16.1 Å². The quantitative estimate of drug-likeness (QED) is 0.526. The number of hydrogen-bond donors (Lipinski definition) is 1. The third kappa shape index (κ3) is 4.73. The zero-order chi connectivity index (χ0) is 21.8. The second-order valence-electron chi connectivity index (χ2n) is 7.67. The average Bonchev–Trinajstić information content (AvgIpc) is 3.58. The van der Waals surface area contributed by atoms with Crippen LogP contribution in [0, 0.1) is 0 Å². The lowest BCUT2D eigenvalue weighted by Crippen LogP contribution is -2.32. The van der Waals surface area contributed by atoms with Crippen LogP contribution in [0.25, 0.3) is 11.4 Å². The number of carbonyl (C=O) groups is 1. The summed E-state index contributed by atoms with van der Waals surface area (Å²) in [5.41, 5.74) is 2.01. The van der Waals surface area contributed by atoms with Crippen molar-refractivity contribution in [3.63, 3.8) is 0 Å². The molecule has 2 aliphatic rings. The number of hydrogen-bond acceptors (Lipinski definition) is 7. The first kappa shape index (κ1) is 20.8. The van der Waals surface area contributed by atoms with E-state index in [1.54, 1.807) is 0 Å². The molecular weight excluding hydrogens is 428 g/mol. The Labute approximate surface area is 190 Å². The number of benzene rings is 2. The van der Waals surface area contributed by atoms with Gasteiger partial charge in [-0.25, -0.2) is 0 Å². The summed E-state index contributed by atoms with van der Waals surface area (Å²) in [6.45, 7) is 2.12. The topological polar surface area (TPSA) is 87.5 Å². The number of carbonyl (C=O) groups excluding carboxylic acids is 1. The zero-order valence-electron chi connectivity index (χ0n) is 17.5. The summed E-state index contributed by atoms with van der Waals surface area (Å²) < 4.78 is 18.5. The van der Waals surface area contributed by atoms with Gasteiger partial charge in [0.2, 0.25) is 12.7 Å². The lowest BCUT2D eigenvalue weighted by Gasteiger charge is -2.12. The maximum absolute atomic E-state index is 12.4. The van der Waals surface area contributed by atoms with Crippen LogP contribution >= 0.6 is 11.8 Å². The number of aromatic nitrogens is 3. The minimum atomic E-state index is -0.0376. The molecule has 9 heteroatoms. The van der Waals surface area contributed by atoms with Crippen molar-refractivity contribution >= 4 is 17.7 Å². The normalized spacial score (nSPS) is 16.9. The predicted octanol–water partition coefficient (Wildman–Crippen LogP) is 3.11. The second kappa shape index (κ2) is 9.62. The Bertz CT molecular complexity index is 1080. The Morgan fingerprint density at radius 1 is 1.12 bits per heavy atom. The van der Waals surface area contributed by atoms with Crippen LogP contribution in [0.5, 0.6) is 11.5 Å². The molecular formula is C23H24N4O4S. The highest BCUT2D eigenvalue weighted by molar-refractivity contribution is 7.99. The number of nitrogens with one attached hydrogen (secondary N) is 1. The summed E-state index contributed by atoms with van der Waals surface area (Å²) >= 11 is 1.38. The molecule has 0 spiro atoms. The van der Waals surface area contributed by atoms with Crippen molar-refractivity contribution in [2.75, 3.05) is 25.7 Å². The number of nitrogens with zero attached hydrogens (tertiary/aromatic N) is 3. The van der Waals surface area contributed by atoms with Gasteiger partial charge in [0, 0.05) is 18.7 Å². The van der Waals surface area contributed by atoms with Gasteiger partial charge in [0.05, 0.1) is 18.4 Å². The highest BCUT2D eigenvalue weighted by Gasteiger charge is 2.20. The van der Waals surface area contributed by atoms with Crippen LogP contribution in [0.4, 0.5) is 0 Å². The van der Waals surface area contributed by atoms with E-state index in [-0.39, 0.29) is 24.6 Å². The lowest BCUT2D eigenvalue weighted by molar-refractivity contribution is -0.119. The van der Waals surface area contributed by atoms with E-state index in [4.69, 9.17) is 14.2 Å². The van der Waals surface area contributed by atoms with Gasteiger partial charge in [-0.2, -0.15) is 0 Å². The number of thioether (sulfide) groups is 1. The van der Waals surface area contributed by atoms with E-state index >= 15 is 0 Å². The fourth-order valence-corrected chi connectivity index (χ4v) is 4.54. The summed E-state index contributed by atoms with van der Waals surface area (Å²) in [4.78, 5) is 12.4. The molecule has 8 nitrogen and oxygen atoms in total. The molecule has 0 aliphatic carbocycles. The van der Waals surface area contributed by atoms with Crippen LogP contribution in [-0.4, -0.2) is 52.5 Å². The van der Waals surface area contributed by atoms with E-state index in [1.165, 1.54) is 11.8 Å². The van der Waals surface area contributed by atoms with Crippen LogP contribution in [0.15, 0.2) is 53.7 Å². The fraction of sp³-hybridized carbons (Fsp3) is 0.348. The molecule has 5 rings (SSSR count). The molecule has 2 aromatic carbocycles. The van der Waals surface area contributed by atoms with Gasteiger partial charge in [0.15, 0.2) is 22.5 Å². The van der Waals surface area contributed by atoms with E-state index < -0.39 is 0 Å². The summed E-state index contributed by atoms with van der Waals surface area (Å²) in [5.74, 6) is 2.47. The van der Waals surface area contributed by atoms with Crippen LogP contribution < -0.4 is 14.8 Å². The monoisotopic (exact) mass is 452 g/mol. The minimum absolute atomic E-state index is 0.0376. The second-order valence-corrected chi connectivity index (χ2v) is 8.62. The lowest BCUT2D eigenvalue weighted by atomic mass is 10.2. The van der Waals surface area contributed by atoms with Gasteiger partial charge in [-0.1, -0.05) is 48.2 Å². The highest BCUT2D eigenvalue weighted by atomic mass is 32.2. The Hall–Kier alpha value is -3.04. The van der Waals surface area contributed by atoms with Crippen molar-refractivity contribution < 1.29 is 19.0 Å². The zero-order valence-corrected chi connectivity index (χ0v) is 18.3. The van der Waals surface area contributed by atoms with Crippen molar-refractivity contribution in [2.45, 2.75) is 30.6 Å². The van der Waals surface area contributed by atoms with Crippen molar-refractivity contribution in [1.29, 1.82) is 0 Å². The molecule has 0 bridgehead atoms. The number of ether oxygens (including phenoxy) is 3. The average molecular weight is 453 g/mol. The fourth-order valence-electron chi connectivity index (χ4n) is 3.77. The molecule has 2 aliphatic heterocycles. The summed E-state index contributed by atoms with van der Waals surface area (Å²) in [5, 5.41) is 12.5. The molecule has 1 amide bonds. The van der Waals surface area contributed by atoms with Crippen LogP contribution in [0.3, 0.4) is 0 Å². The standard InChI is InChI=1S/C23H24N4O4S/c28-21(24-12-18-7-4-10-29-18)14-32-23-26-25-22(17-5-2-1-3-6-17)27(23)13-16-8-9-19-20(11-16)31-15-30-19/h1-3,5-6,8-9,11,18H,4,7,10,12-15H2,(H,24,28)/t18-/m0/s1. The predicted molar refractivity (Wildman–Crippen MR) is 120 cm³/mol. The smallest absolute Gasteiger partial charge is 0.231 e. The third-order valence-electron chi connectivity index (χ3n) is 5.41. The number of rotatable bonds is 8. The van der Waals surface area contributed by atoms with Gasteiger partial charge >= 0.3 is 0 Å². The van der Waals surface area contributed by atoms with Gasteiger partial charge in [0.1, 0.15) is 0 Å². The van der Waals surface area contributed by atoms with Gasteiger partial charge in [-0.3, -0.25) is 9.36 Å². The van der Waals surface area contributed by atoms with Crippen molar-refractivity contribution in [2.24, 2.45) is 0 Å². The molecule has 0 unspecified atom stereocenters. The highest BCUT2D eigenvalue weighted by Crippen LogP contribution is 2.33. The van der Waals surface area contributed by atoms with Crippen molar-refractivity contribution in [1.82, 2.24) is 20.1 Å². The van der Waals surface area contributed by atoms with Gasteiger partial charge < -0.3 is 19.5 Å². The maximum atomic E-state index is 12.4. The van der Waals surface area contributed by atoms with Gasteiger partial charge in [-0.15, -0.1) is 10.2 Å². The summed E-state index contributed by atoms with van der Waals surface area (Å²) in [6, 6.07) is 15.8. The van der Waals surface area contributed by atoms with Gasteiger partial charge in [0.25, 0.3) is 0 Å². The van der Waals surface area contributed by atoms with E-state index in [1.807, 2.05) is 53.1 Å². The number of amides is 1. The molecule has 1 fully saturated rings. The van der Waals surface area contributed by atoms with Gasteiger partial charge in [-0.05, 0) is 30.5 Å². The Balaban J connectivity index is 1.32. The third-order valence-corrected chi connectivity index (χ3v) is 6.38. The molecule has 0 saturated carbocycles. The molecule has 32 heavy (non-hydrogen) atoms. The first-order valence-corrected chi connectivity index (χ1v) is 11.6. The van der Waals surface area contributed by atoms with E-state index in [2.05, 4.69) is 15.5 Å². The summed E-state index contributed by atoms with van der Waals surface area (Å²) in [6.07, 6.45) is 2.18. The SMILES string of the molecule is O=C(CSc1nnc(-c2ccccc2)n1Cc1ccc2c(c1)OCO2)NC[C@@H]1CCCO1. The van der Waals surface area contributed by atoms with Crippen molar-refractivity contribution in [3.05, 3.63) is 54.1 Å². The Kier molecular flexibility index (Phi) is 6.27. The molecule has 1 atom stereocenters. The Morgan fingerprint density at radius 2 is 2.00 bits per heavy atom. The first-order chi connectivity index (χ1) is 15.8.